The van der Waals surface area contributed by atoms with Crippen LogP contribution in [0.5, 0.6) is 0 Å². The molecule has 0 aromatic carbocycles. The van der Waals surface area contributed by atoms with Crippen LogP contribution in [0.25, 0.3) is 0 Å². The Hall–Kier alpha value is -1.29. The number of carbonyl (C=O) groups excluding carboxylic acids is 1. The third-order valence-corrected chi connectivity index (χ3v) is 1.93. The number of hydrogen-bond donors (Lipinski definition) is 2. The van der Waals surface area contributed by atoms with E-state index in [2.05, 4.69) is 15.6 Å². The summed E-state index contributed by atoms with van der Waals surface area (Å²) in [6, 6.07) is 5.23. The Balaban J connectivity index is 2.33. The molecule has 0 bridgehead atoms. The fourth-order valence-electron chi connectivity index (χ4n) is 1.00. The highest BCUT2D eigenvalue weighted by Gasteiger charge is 2.00. The Bertz CT molecular complexity index is 330. The first kappa shape index (κ1) is 11.8. The van der Waals surface area contributed by atoms with Gasteiger partial charge in [0.1, 0.15) is 11.0 Å². The van der Waals surface area contributed by atoms with Gasteiger partial charge in [0.2, 0.25) is 5.91 Å². The Morgan fingerprint density at radius 3 is 3.00 bits per heavy atom. The topological polar surface area (TPSA) is 54.0 Å². The van der Waals surface area contributed by atoms with Crippen LogP contribution < -0.4 is 10.6 Å². The van der Waals surface area contributed by atoms with Gasteiger partial charge in [-0.05, 0) is 18.6 Å². The number of halogens is 1. The fraction of sp³-hybridized carbons (Fsp3) is 0.400. The summed E-state index contributed by atoms with van der Waals surface area (Å²) in [6.07, 6.45) is 0.932. The third-order valence-electron chi connectivity index (χ3n) is 1.72. The van der Waals surface area contributed by atoms with Gasteiger partial charge < -0.3 is 10.6 Å². The smallest absolute Gasteiger partial charge is 0.239 e. The number of pyridine rings is 1. The lowest BCUT2D eigenvalue weighted by atomic mass is 10.4. The van der Waals surface area contributed by atoms with E-state index >= 15 is 0 Å². The maximum atomic E-state index is 11.2. The molecule has 0 atom stereocenters. The lowest BCUT2D eigenvalue weighted by Gasteiger charge is -2.06. The van der Waals surface area contributed by atoms with Gasteiger partial charge in [-0.25, -0.2) is 4.98 Å². The van der Waals surface area contributed by atoms with Crippen molar-refractivity contribution < 1.29 is 4.79 Å². The van der Waals surface area contributed by atoms with Gasteiger partial charge in [-0.1, -0.05) is 24.6 Å². The van der Waals surface area contributed by atoms with Gasteiger partial charge in [0, 0.05) is 6.54 Å². The van der Waals surface area contributed by atoms with Crippen LogP contribution in [0.4, 0.5) is 5.82 Å². The van der Waals surface area contributed by atoms with Crippen LogP contribution >= 0.6 is 11.6 Å². The molecule has 15 heavy (non-hydrogen) atoms. The lowest BCUT2D eigenvalue weighted by molar-refractivity contribution is -0.119. The molecule has 4 nitrogen and oxygen atoms in total. The minimum atomic E-state index is -0.0429. The predicted molar refractivity (Wildman–Crippen MR) is 61.0 cm³/mol. The Labute approximate surface area is 94.0 Å². The maximum Gasteiger partial charge on any atom is 0.239 e. The van der Waals surface area contributed by atoms with E-state index in [1.54, 1.807) is 18.2 Å². The molecule has 0 saturated heterocycles. The molecule has 82 valence electrons. The molecule has 1 heterocycles. The van der Waals surface area contributed by atoms with E-state index < -0.39 is 0 Å². The van der Waals surface area contributed by atoms with Crippen molar-refractivity contribution >= 4 is 23.3 Å². The third kappa shape index (κ3) is 4.65. The maximum absolute atomic E-state index is 11.2. The van der Waals surface area contributed by atoms with Gasteiger partial charge in [0.25, 0.3) is 0 Å². The molecular weight excluding hydrogens is 214 g/mol. The minimum Gasteiger partial charge on any atom is -0.361 e. The molecule has 0 aliphatic carbocycles. The van der Waals surface area contributed by atoms with Crippen LogP contribution in [0.2, 0.25) is 5.15 Å². The fourth-order valence-corrected chi connectivity index (χ4v) is 1.17. The van der Waals surface area contributed by atoms with E-state index in [9.17, 15) is 4.79 Å². The highest BCUT2D eigenvalue weighted by atomic mass is 35.5. The summed E-state index contributed by atoms with van der Waals surface area (Å²) in [7, 11) is 0. The number of carbonyl (C=O) groups is 1. The van der Waals surface area contributed by atoms with E-state index in [1.807, 2.05) is 6.92 Å². The zero-order chi connectivity index (χ0) is 11.1. The Kier molecular flexibility index (Phi) is 4.90. The molecular formula is C10H14ClN3O. The van der Waals surface area contributed by atoms with Gasteiger partial charge >= 0.3 is 0 Å². The minimum absolute atomic E-state index is 0.0429. The van der Waals surface area contributed by atoms with E-state index in [0.717, 1.165) is 6.42 Å². The van der Waals surface area contributed by atoms with Gasteiger partial charge in [0.05, 0.1) is 6.54 Å². The van der Waals surface area contributed by atoms with Gasteiger partial charge in [-0.15, -0.1) is 0 Å². The van der Waals surface area contributed by atoms with E-state index in [0.29, 0.717) is 17.5 Å². The van der Waals surface area contributed by atoms with Crippen molar-refractivity contribution in [1.82, 2.24) is 10.3 Å². The number of nitrogens with one attached hydrogen (secondary N) is 2. The Morgan fingerprint density at radius 1 is 1.53 bits per heavy atom. The second kappa shape index (κ2) is 6.24. The number of rotatable bonds is 5. The quantitative estimate of drug-likeness (QED) is 0.753. The second-order valence-electron chi connectivity index (χ2n) is 3.05. The highest BCUT2D eigenvalue weighted by Crippen LogP contribution is 2.08. The van der Waals surface area contributed by atoms with E-state index in [1.165, 1.54) is 0 Å². The number of nitrogens with zero attached hydrogens (tertiary/aromatic N) is 1. The second-order valence-corrected chi connectivity index (χ2v) is 3.44. The molecule has 1 aromatic rings. The summed E-state index contributed by atoms with van der Waals surface area (Å²) in [6.45, 7) is 2.92. The number of amides is 1. The van der Waals surface area contributed by atoms with Crippen LogP contribution in [0.15, 0.2) is 18.2 Å². The summed E-state index contributed by atoms with van der Waals surface area (Å²) in [5.74, 6) is 0.563. The predicted octanol–water partition coefficient (Wildman–Crippen LogP) is 1.67. The molecule has 0 radical (unpaired) electrons. The zero-order valence-corrected chi connectivity index (χ0v) is 9.34. The van der Waals surface area contributed by atoms with Crippen molar-refractivity contribution in [3.8, 4) is 0 Å². The molecule has 2 N–H and O–H groups in total. The van der Waals surface area contributed by atoms with E-state index in [4.69, 9.17) is 11.6 Å². The summed E-state index contributed by atoms with van der Waals surface area (Å²) < 4.78 is 0. The largest absolute Gasteiger partial charge is 0.361 e. The molecule has 0 aliphatic rings. The van der Waals surface area contributed by atoms with Crippen LogP contribution in [-0.2, 0) is 4.79 Å². The molecule has 5 heteroatoms. The molecule has 0 unspecified atom stereocenters. The normalized spacial score (nSPS) is 9.73. The SMILES string of the molecule is CCCNC(=O)CNc1cccc(Cl)n1. The first-order chi connectivity index (χ1) is 7.22. The van der Waals surface area contributed by atoms with Crippen LogP contribution in [0, 0.1) is 0 Å². The monoisotopic (exact) mass is 227 g/mol. The van der Waals surface area contributed by atoms with E-state index in [-0.39, 0.29) is 12.5 Å². The van der Waals surface area contributed by atoms with Crippen molar-refractivity contribution in [2.24, 2.45) is 0 Å². The first-order valence-electron chi connectivity index (χ1n) is 4.85. The average Bonchev–Trinajstić information content (AvgIpc) is 2.23. The molecule has 1 rings (SSSR count). The van der Waals surface area contributed by atoms with Gasteiger partial charge in [-0.2, -0.15) is 0 Å². The number of aromatic nitrogens is 1. The summed E-state index contributed by atoms with van der Waals surface area (Å²) in [4.78, 5) is 15.2. The number of anilines is 1. The summed E-state index contributed by atoms with van der Waals surface area (Å²) >= 11 is 5.69. The van der Waals surface area contributed by atoms with Crippen molar-refractivity contribution in [3.63, 3.8) is 0 Å². The standard InChI is InChI=1S/C10H14ClN3O/c1-2-6-12-10(15)7-13-9-5-3-4-8(11)14-9/h3-5H,2,6-7H2,1H3,(H,12,15)(H,13,14). The molecule has 0 spiro atoms. The van der Waals surface area contributed by atoms with Crippen LogP contribution in [0.3, 0.4) is 0 Å². The first-order valence-corrected chi connectivity index (χ1v) is 5.23. The zero-order valence-electron chi connectivity index (χ0n) is 8.59. The highest BCUT2D eigenvalue weighted by molar-refractivity contribution is 6.29. The average molecular weight is 228 g/mol. The Morgan fingerprint density at radius 2 is 2.33 bits per heavy atom. The summed E-state index contributed by atoms with van der Waals surface area (Å²) in [5.41, 5.74) is 0. The van der Waals surface area contributed by atoms with Gasteiger partial charge in [0.15, 0.2) is 0 Å². The van der Waals surface area contributed by atoms with Crippen molar-refractivity contribution in [2.45, 2.75) is 13.3 Å². The number of hydrogen-bond acceptors (Lipinski definition) is 3. The molecule has 0 fully saturated rings. The van der Waals surface area contributed by atoms with Crippen molar-refractivity contribution in [3.05, 3.63) is 23.4 Å². The lowest BCUT2D eigenvalue weighted by Crippen LogP contribution is -2.30. The summed E-state index contributed by atoms with van der Waals surface area (Å²) in [5, 5.41) is 6.05. The molecule has 0 aliphatic heterocycles. The van der Waals surface area contributed by atoms with Crippen molar-refractivity contribution in [1.29, 1.82) is 0 Å². The molecule has 1 aromatic heterocycles. The van der Waals surface area contributed by atoms with Crippen LogP contribution in [0.1, 0.15) is 13.3 Å². The molecule has 0 saturated carbocycles. The van der Waals surface area contributed by atoms with Crippen LogP contribution in [-0.4, -0.2) is 24.0 Å². The molecule has 1 amide bonds. The van der Waals surface area contributed by atoms with Gasteiger partial charge in [-0.3, -0.25) is 4.79 Å². The van der Waals surface area contributed by atoms with Crippen molar-refractivity contribution in [2.75, 3.05) is 18.4 Å².